The average Bonchev–Trinajstić information content (AvgIpc) is 3.89. The summed E-state index contributed by atoms with van der Waals surface area (Å²) in [5, 5.41) is 12.4. The zero-order chi connectivity index (χ0) is 42.9. The van der Waals surface area contributed by atoms with Crippen LogP contribution in [0, 0.1) is 11.3 Å². The Hall–Kier alpha value is -5.79. The molecule has 0 saturated carbocycles. The monoisotopic (exact) mass is 847 g/mol. The summed E-state index contributed by atoms with van der Waals surface area (Å²) in [4.78, 5) is 33.6. The van der Waals surface area contributed by atoms with Crippen LogP contribution in [-0.4, -0.2) is 85.9 Å². The fourth-order valence-corrected chi connectivity index (χ4v) is 9.25. The molecule has 4 heterocycles. The van der Waals surface area contributed by atoms with Crippen molar-refractivity contribution >= 4 is 31.6 Å². The predicted molar refractivity (Wildman–Crippen MR) is 230 cm³/mol. The van der Waals surface area contributed by atoms with Crippen LogP contribution in [0.5, 0.6) is 11.5 Å². The molecular formula is C44H50N9O7P. The molecule has 0 spiro atoms. The molecule has 61 heavy (non-hydrogen) atoms. The summed E-state index contributed by atoms with van der Waals surface area (Å²) in [5.41, 5.74) is 1.44. The Kier molecular flexibility index (Phi) is 14.0. The predicted octanol–water partition coefficient (Wildman–Crippen LogP) is 7.63. The number of methoxy groups -OCH3 is 2. The Morgan fingerprint density at radius 2 is 1.54 bits per heavy atom. The van der Waals surface area contributed by atoms with Crippen molar-refractivity contribution < 1.29 is 28.0 Å². The molecule has 6 aromatic rings. The van der Waals surface area contributed by atoms with E-state index >= 15 is 0 Å². The van der Waals surface area contributed by atoms with E-state index in [0.29, 0.717) is 23.6 Å². The van der Waals surface area contributed by atoms with Crippen LogP contribution >= 0.6 is 8.53 Å². The first kappa shape index (κ1) is 43.3. The smallest absolute Gasteiger partial charge is 0.280 e. The van der Waals surface area contributed by atoms with Crippen molar-refractivity contribution in [3.63, 3.8) is 0 Å². The van der Waals surface area contributed by atoms with Crippen molar-refractivity contribution in [2.45, 2.75) is 76.7 Å². The minimum atomic E-state index is -1.68. The Morgan fingerprint density at radius 1 is 0.918 bits per heavy atom. The van der Waals surface area contributed by atoms with Crippen molar-refractivity contribution in [3.8, 4) is 17.6 Å². The lowest BCUT2D eigenvalue weighted by molar-refractivity contribution is -0.0912. The molecule has 7 rings (SSSR count). The summed E-state index contributed by atoms with van der Waals surface area (Å²) in [6, 6.07) is 29.7. The van der Waals surface area contributed by atoms with Gasteiger partial charge in [0.2, 0.25) is 11.9 Å². The van der Waals surface area contributed by atoms with Gasteiger partial charge in [0.25, 0.3) is 14.1 Å². The van der Waals surface area contributed by atoms with Crippen LogP contribution in [0.1, 0.15) is 63.5 Å². The van der Waals surface area contributed by atoms with Crippen LogP contribution in [0.25, 0.3) is 11.2 Å². The number of rotatable bonds is 19. The van der Waals surface area contributed by atoms with Crippen molar-refractivity contribution in [3.05, 3.63) is 131 Å². The lowest BCUT2D eigenvalue weighted by Crippen LogP contribution is -2.39. The number of benzene rings is 3. The molecule has 3 aromatic carbocycles. The van der Waals surface area contributed by atoms with E-state index in [2.05, 4.69) is 63.7 Å². The number of ether oxygens (including phenoxy) is 4. The zero-order valence-electron chi connectivity index (χ0n) is 35.0. The molecule has 1 aliphatic rings. The fourth-order valence-electron chi connectivity index (χ4n) is 7.49. The van der Waals surface area contributed by atoms with Crippen LogP contribution < -0.4 is 20.3 Å². The highest BCUT2D eigenvalue weighted by atomic mass is 31.2. The average molecular weight is 848 g/mol. The number of nitrogens with zero attached hydrogens (tertiary/aromatic N) is 7. The van der Waals surface area contributed by atoms with E-state index in [9.17, 15) is 10.1 Å². The van der Waals surface area contributed by atoms with E-state index in [4.69, 9.17) is 33.0 Å². The van der Waals surface area contributed by atoms with Crippen LogP contribution in [0.2, 0.25) is 0 Å². The molecule has 16 nitrogen and oxygen atoms in total. The summed E-state index contributed by atoms with van der Waals surface area (Å²) in [6.45, 7) is 8.61. The molecule has 0 radical (unpaired) electrons. The number of anilines is 2. The van der Waals surface area contributed by atoms with Gasteiger partial charge in [-0.15, -0.1) is 0 Å². The topological polar surface area (TPSA) is 184 Å². The second kappa shape index (κ2) is 19.7. The number of fused-ring (bicyclic) bond motifs is 1. The normalized spacial score (nSPS) is 17.2. The number of hydrogen-bond donors (Lipinski definition) is 2. The third-order valence-corrected chi connectivity index (χ3v) is 12.4. The number of H-pyrrole nitrogens is 1. The van der Waals surface area contributed by atoms with Gasteiger partial charge in [-0.2, -0.15) is 10.2 Å². The number of hydrogen-bond acceptors (Lipinski definition) is 14. The number of aromatic nitrogens is 6. The minimum absolute atomic E-state index is 0.0532. The summed E-state index contributed by atoms with van der Waals surface area (Å²) < 4.78 is 42.7. The highest BCUT2D eigenvalue weighted by Crippen LogP contribution is 2.51. The molecule has 3 aromatic heterocycles. The third kappa shape index (κ3) is 9.58. The van der Waals surface area contributed by atoms with Gasteiger partial charge in [-0.25, -0.2) is 19.6 Å². The van der Waals surface area contributed by atoms with Gasteiger partial charge >= 0.3 is 0 Å². The molecule has 1 saturated heterocycles. The maximum absolute atomic E-state index is 13.3. The molecule has 17 heteroatoms. The molecule has 4 atom stereocenters. The van der Waals surface area contributed by atoms with Gasteiger partial charge in [-0.05, 0) is 74.7 Å². The SMILES string of the molecule is COc1ccc(C(OC[C@H]2O[C@@H](n3cnc4c(=O)[nH]c(Nc5ncccn5)nc43)C[C@@H]2OP(OCCC#N)N(C(C)C)C(C)C)(c2ccccc2)c2ccc(OC)cc2)cc1. The Bertz CT molecular complexity index is 2370. The van der Waals surface area contributed by atoms with E-state index < -0.39 is 38.1 Å². The van der Waals surface area contributed by atoms with E-state index in [1.165, 1.54) is 0 Å². The second-order valence-electron chi connectivity index (χ2n) is 14.8. The summed E-state index contributed by atoms with van der Waals surface area (Å²) in [7, 11) is 1.59. The van der Waals surface area contributed by atoms with Gasteiger partial charge in [0.1, 0.15) is 29.4 Å². The van der Waals surface area contributed by atoms with E-state index in [1.807, 2.05) is 78.9 Å². The zero-order valence-corrected chi connectivity index (χ0v) is 35.9. The molecular weight excluding hydrogens is 798 g/mol. The van der Waals surface area contributed by atoms with Gasteiger partial charge < -0.3 is 28.0 Å². The van der Waals surface area contributed by atoms with E-state index in [-0.39, 0.29) is 49.1 Å². The maximum Gasteiger partial charge on any atom is 0.280 e. The van der Waals surface area contributed by atoms with Gasteiger partial charge in [-0.1, -0.05) is 54.6 Å². The van der Waals surface area contributed by atoms with Crippen molar-refractivity contribution in [2.24, 2.45) is 0 Å². The lowest BCUT2D eigenvalue weighted by atomic mass is 9.80. The standard InChI is InChI=1S/C44H50N9O7P/c1-29(2)53(30(3)4)61(58-25-10-22-45)60-36-26-38(52-28-48-39-40(52)49-43(50-41(39)54)51-42-46-23-11-24-47-42)59-37(36)27-57-44(31-12-8-7-9-13-31,32-14-18-34(55-5)19-15-32)33-16-20-35(56-6)21-17-33/h7-9,11-21,23-24,28-30,36-38H,10,25-27H2,1-6H3,(H2,46,47,49,50,51,54)/t36-,37+,38+,61?/m0/s1. The van der Waals surface area contributed by atoms with Gasteiger partial charge in [0.05, 0.1) is 52.4 Å². The number of aromatic amines is 1. The first-order chi connectivity index (χ1) is 29.6. The molecule has 1 fully saturated rings. The molecule has 1 unspecified atom stereocenters. The minimum Gasteiger partial charge on any atom is -0.497 e. The van der Waals surface area contributed by atoms with Crippen molar-refractivity contribution in [1.29, 1.82) is 5.26 Å². The quantitative estimate of drug-likeness (QED) is 0.0461. The third-order valence-electron chi connectivity index (χ3n) is 10.2. The summed E-state index contributed by atoms with van der Waals surface area (Å²) >= 11 is 0. The molecule has 0 bridgehead atoms. The molecule has 2 N–H and O–H groups in total. The van der Waals surface area contributed by atoms with Crippen LogP contribution in [-0.2, 0) is 24.1 Å². The maximum atomic E-state index is 13.3. The largest absolute Gasteiger partial charge is 0.497 e. The first-order valence-corrected chi connectivity index (χ1v) is 21.2. The number of nitriles is 1. The molecule has 0 aliphatic carbocycles. The van der Waals surface area contributed by atoms with Gasteiger partial charge in [-0.3, -0.25) is 19.7 Å². The Balaban J connectivity index is 1.31. The van der Waals surface area contributed by atoms with E-state index in [1.54, 1.807) is 43.6 Å². The number of nitrogens with one attached hydrogen (secondary N) is 2. The van der Waals surface area contributed by atoms with E-state index in [0.717, 1.165) is 16.7 Å². The van der Waals surface area contributed by atoms with Crippen LogP contribution in [0.4, 0.5) is 11.9 Å². The number of imidazole rings is 1. The van der Waals surface area contributed by atoms with Gasteiger partial charge in [0.15, 0.2) is 11.2 Å². The highest BCUT2D eigenvalue weighted by Gasteiger charge is 2.45. The molecule has 1 aliphatic heterocycles. The summed E-state index contributed by atoms with van der Waals surface area (Å²) in [5.74, 6) is 1.81. The fraction of sp³-hybridized carbons (Fsp3) is 0.364. The van der Waals surface area contributed by atoms with Crippen LogP contribution in [0.15, 0.2) is 108 Å². The lowest BCUT2D eigenvalue weighted by Gasteiger charge is -2.39. The van der Waals surface area contributed by atoms with Crippen molar-refractivity contribution in [2.75, 3.05) is 32.8 Å². The Labute approximate surface area is 355 Å². The second-order valence-corrected chi connectivity index (χ2v) is 16.2. The molecule has 0 amide bonds. The highest BCUT2D eigenvalue weighted by molar-refractivity contribution is 7.44. The summed E-state index contributed by atoms with van der Waals surface area (Å²) in [6.07, 6.45) is 3.29. The first-order valence-electron chi connectivity index (χ1n) is 20.0. The molecule has 318 valence electrons. The van der Waals surface area contributed by atoms with Crippen LogP contribution in [0.3, 0.4) is 0 Å². The van der Waals surface area contributed by atoms with Crippen molar-refractivity contribution in [1.82, 2.24) is 34.2 Å². The Morgan fingerprint density at radius 3 is 2.13 bits per heavy atom. The van der Waals surface area contributed by atoms with Gasteiger partial charge in [0, 0.05) is 30.9 Å².